The molecule has 0 aromatic heterocycles. The maximum atomic E-state index is 13.8. The normalized spacial score (nSPS) is 16.6. The molecule has 2 aromatic rings. The highest BCUT2D eigenvalue weighted by Gasteiger charge is 2.27. The maximum Gasteiger partial charge on any atom is 0.135 e. The Hall–Kier alpha value is -1.81. The molecule has 1 nitrogen and oxygen atoms in total. The minimum atomic E-state index is -1.43. The third-order valence-electron chi connectivity index (χ3n) is 4.15. The Morgan fingerprint density at radius 1 is 1.00 bits per heavy atom. The number of benzene rings is 2. The lowest BCUT2D eigenvalue weighted by atomic mass is 9.77. The molecule has 1 aliphatic rings. The summed E-state index contributed by atoms with van der Waals surface area (Å²) in [6.45, 7) is 0. The highest BCUT2D eigenvalue weighted by Crippen LogP contribution is 2.41. The lowest BCUT2D eigenvalue weighted by Crippen LogP contribution is -2.15. The number of rotatable bonds is 3. The largest absolute Gasteiger partial charge is 0.383 e. The Labute approximate surface area is 121 Å². The van der Waals surface area contributed by atoms with E-state index in [4.69, 9.17) is 0 Å². The summed E-state index contributed by atoms with van der Waals surface area (Å²) in [6, 6.07) is 8.30. The van der Waals surface area contributed by atoms with Gasteiger partial charge in [-0.1, -0.05) is 30.7 Å². The van der Waals surface area contributed by atoms with Gasteiger partial charge in [-0.3, -0.25) is 0 Å². The van der Waals surface area contributed by atoms with Gasteiger partial charge in [0.05, 0.1) is 5.56 Å². The van der Waals surface area contributed by atoms with Crippen molar-refractivity contribution in [2.45, 2.75) is 31.3 Å². The van der Waals surface area contributed by atoms with Gasteiger partial charge in [-0.25, -0.2) is 13.2 Å². The summed E-state index contributed by atoms with van der Waals surface area (Å²) >= 11 is 0. The van der Waals surface area contributed by atoms with Gasteiger partial charge in [-0.15, -0.1) is 0 Å². The van der Waals surface area contributed by atoms with Crippen LogP contribution >= 0.6 is 0 Å². The zero-order chi connectivity index (χ0) is 15.0. The molecule has 1 saturated carbocycles. The second kappa shape index (κ2) is 5.53. The minimum absolute atomic E-state index is 0.322. The molecule has 0 bridgehead atoms. The molecular weight excluding hydrogens is 277 g/mol. The first-order valence-corrected chi connectivity index (χ1v) is 6.99. The molecule has 2 aromatic carbocycles. The second-order valence-corrected chi connectivity index (χ2v) is 5.44. The van der Waals surface area contributed by atoms with E-state index in [-0.39, 0.29) is 0 Å². The van der Waals surface area contributed by atoms with E-state index in [1.54, 1.807) is 12.1 Å². The quantitative estimate of drug-likeness (QED) is 0.886. The summed E-state index contributed by atoms with van der Waals surface area (Å²) in [5.41, 5.74) is 0.911. The average Bonchev–Trinajstić information content (AvgIpc) is 2.36. The first kappa shape index (κ1) is 14.1. The van der Waals surface area contributed by atoms with E-state index in [1.165, 1.54) is 0 Å². The van der Waals surface area contributed by atoms with E-state index < -0.39 is 29.1 Å². The van der Waals surface area contributed by atoms with E-state index in [0.29, 0.717) is 23.6 Å². The molecule has 3 rings (SSSR count). The zero-order valence-electron chi connectivity index (χ0n) is 11.3. The summed E-state index contributed by atoms with van der Waals surface area (Å²) < 4.78 is 40.7. The molecule has 0 spiro atoms. The molecule has 1 aliphatic carbocycles. The van der Waals surface area contributed by atoms with Crippen molar-refractivity contribution in [1.29, 1.82) is 0 Å². The van der Waals surface area contributed by atoms with E-state index >= 15 is 0 Å². The van der Waals surface area contributed by atoms with Gasteiger partial charge in [0.2, 0.25) is 0 Å². The number of hydrogen-bond donors (Lipinski definition) is 1. The van der Waals surface area contributed by atoms with Crippen LogP contribution in [-0.4, -0.2) is 5.11 Å². The van der Waals surface area contributed by atoms with Crippen molar-refractivity contribution in [1.82, 2.24) is 0 Å². The maximum absolute atomic E-state index is 13.8. The highest BCUT2D eigenvalue weighted by atomic mass is 19.1. The van der Waals surface area contributed by atoms with Crippen LogP contribution in [0.25, 0.3) is 0 Å². The standard InChI is InChI=1S/C17H15F3O/c18-11-8-14(19)16(15(20)9-11)17(21)13-7-2-1-6-12(13)10-4-3-5-10/h1-2,6-10,17,21H,3-5H2. The predicted molar refractivity (Wildman–Crippen MR) is 73.4 cm³/mol. The van der Waals surface area contributed by atoms with Crippen LogP contribution in [0.1, 0.15) is 48.0 Å². The van der Waals surface area contributed by atoms with Crippen molar-refractivity contribution in [3.8, 4) is 0 Å². The molecular formula is C17H15F3O. The molecule has 1 fully saturated rings. The van der Waals surface area contributed by atoms with Crippen molar-refractivity contribution in [2.24, 2.45) is 0 Å². The fourth-order valence-corrected chi connectivity index (χ4v) is 2.82. The molecule has 110 valence electrons. The molecule has 0 amide bonds. The molecule has 0 aliphatic heterocycles. The van der Waals surface area contributed by atoms with Gasteiger partial charge in [-0.05, 0) is 29.9 Å². The average molecular weight is 292 g/mol. The van der Waals surface area contributed by atoms with Crippen LogP contribution in [0.15, 0.2) is 36.4 Å². The van der Waals surface area contributed by atoms with Crippen LogP contribution in [0, 0.1) is 17.5 Å². The Morgan fingerprint density at radius 3 is 2.19 bits per heavy atom. The summed E-state index contributed by atoms with van der Waals surface area (Å²) in [7, 11) is 0. The van der Waals surface area contributed by atoms with Crippen molar-refractivity contribution in [3.05, 3.63) is 70.5 Å². The van der Waals surface area contributed by atoms with Crippen LogP contribution in [0.2, 0.25) is 0 Å². The summed E-state index contributed by atoms with van der Waals surface area (Å²) in [6.07, 6.45) is 1.72. The molecule has 4 heteroatoms. The molecule has 1 unspecified atom stereocenters. The van der Waals surface area contributed by atoms with Gasteiger partial charge in [0.1, 0.15) is 23.6 Å². The van der Waals surface area contributed by atoms with Crippen LogP contribution in [0.4, 0.5) is 13.2 Å². The molecule has 0 heterocycles. The Bertz CT molecular complexity index is 642. The molecule has 1 N–H and O–H groups in total. The number of aliphatic hydroxyl groups excluding tert-OH is 1. The van der Waals surface area contributed by atoms with Crippen LogP contribution in [0.3, 0.4) is 0 Å². The minimum Gasteiger partial charge on any atom is -0.383 e. The SMILES string of the molecule is OC(c1ccccc1C1CCC1)c1c(F)cc(F)cc1F. The van der Waals surface area contributed by atoms with E-state index in [1.807, 2.05) is 12.1 Å². The smallest absolute Gasteiger partial charge is 0.135 e. The topological polar surface area (TPSA) is 20.2 Å². The van der Waals surface area contributed by atoms with Gasteiger partial charge >= 0.3 is 0 Å². The highest BCUT2D eigenvalue weighted by molar-refractivity contribution is 5.39. The number of halogens is 3. The van der Waals surface area contributed by atoms with Gasteiger partial charge < -0.3 is 5.11 Å². The summed E-state index contributed by atoms with van der Waals surface area (Å²) in [5, 5.41) is 10.4. The lowest BCUT2D eigenvalue weighted by Gasteiger charge is -2.29. The summed E-state index contributed by atoms with van der Waals surface area (Å²) in [5.74, 6) is -2.80. The lowest BCUT2D eigenvalue weighted by molar-refractivity contribution is 0.205. The molecule has 1 atom stereocenters. The zero-order valence-corrected chi connectivity index (χ0v) is 11.3. The van der Waals surface area contributed by atoms with E-state index in [9.17, 15) is 18.3 Å². The van der Waals surface area contributed by atoms with Gasteiger partial charge in [0.25, 0.3) is 0 Å². The van der Waals surface area contributed by atoms with Crippen molar-refractivity contribution in [3.63, 3.8) is 0 Å². The van der Waals surface area contributed by atoms with Crippen LogP contribution < -0.4 is 0 Å². The molecule has 21 heavy (non-hydrogen) atoms. The first-order chi connectivity index (χ1) is 10.1. The fraction of sp³-hybridized carbons (Fsp3) is 0.294. The van der Waals surface area contributed by atoms with Crippen LogP contribution in [0.5, 0.6) is 0 Å². The van der Waals surface area contributed by atoms with Crippen molar-refractivity contribution >= 4 is 0 Å². The number of aliphatic hydroxyl groups is 1. The Morgan fingerprint density at radius 2 is 1.62 bits per heavy atom. The van der Waals surface area contributed by atoms with Gasteiger partial charge in [0.15, 0.2) is 0 Å². The fourth-order valence-electron chi connectivity index (χ4n) is 2.82. The predicted octanol–water partition coefficient (Wildman–Crippen LogP) is 4.45. The van der Waals surface area contributed by atoms with Crippen molar-refractivity contribution in [2.75, 3.05) is 0 Å². The first-order valence-electron chi connectivity index (χ1n) is 6.99. The van der Waals surface area contributed by atoms with Crippen LogP contribution in [-0.2, 0) is 0 Å². The number of hydrogen-bond acceptors (Lipinski definition) is 1. The Kier molecular flexibility index (Phi) is 3.72. The monoisotopic (exact) mass is 292 g/mol. The van der Waals surface area contributed by atoms with E-state index in [2.05, 4.69) is 0 Å². The van der Waals surface area contributed by atoms with Gasteiger partial charge in [0, 0.05) is 12.1 Å². The van der Waals surface area contributed by atoms with Gasteiger partial charge in [-0.2, -0.15) is 0 Å². The third-order valence-corrected chi connectivity index (χ3v) is 4.15. The van der Waals surface area contributed by atoms with Crippen molar-refractivity contribution < 1.29 is 18.3 Å². The second-order valence-electron chi connectivity index (χ2n) is 5.44. The Balaban J connectivity index is 2.05. The molecule has 0 saturated heterocycles. The summed E-state index contributed by atoms with van der Waals surface area (Å²) in [4.78, 5) is 0. The third kappa shape index (κ3) is 2.56. The molecule has 0 radical (unpaired) electrons. The van der Waals surface area contributed by atoms with E-state index in [0.717, 1.165) is 24.8 Å².